The summed E-state index contributed by atoms with van der Waals surface area (Å²) < 4.78 is 1.68. The fraction of sp³-hybridized carbons (Fsp3) is 0.733. The Balaban J connectivity index is 2.11. The van der Waals surface area contributed by atoms with Crippen LogP contribution in [0.5, 0.6) is 0 Å². The third kappa shape index (κ3) is 3.83. The normalized spacial score (nSPS) is 20.8. The second kappa shape index (κ2) is 6.15. The molecule has 0 saturated carbocycles. The van der Waals surface area contributed by atoms with Crippen molar-refractivity contribution in [3.63, 3.8) is 0 Å². The van der Waals surface area contributed by atoms with Crippen molar-refractivity contribution in [1.29, 1.82) is 0 Å². The molecule has 1 aromatic rings. The molecule has 1 N–H and O–H groups in total. The van der Waals surface area contributed by atoms with Gasteiger partial charge in [0.2, 0.25) is 0 Å². The smallest absolute Gasteiger partial charge is 0.293 e. The molecule has 118 valence electrons. The van der Waals surface area contributed by atoms with Gasteiger partial charge in [-0.2, -0.15) is 0 Å². The van der Waals surface area contributed by atoms with Gasteiger partial charge in [0.05, 0.1) is 5.60 Å². The highest BCUT2D eigenvalue weighted by atomic mass is 16.3. The van der Waals surface area contributed by atoms with Crippen molar-refractivity contribution in [2.75, 3.05) is 31.1 Å². The first kappa shape index (κ1) is 16.0. The summed E-state index contributed by atoms with van der Waals surface area (Å²) in [5, 5.41) is 9.96. The van der Waals surface area contributed by atoms with E-state index in [0.717, 1.165) is 19.6 Å². The van der Waals surface area contributed by atoms with Crippen LogP contribution in [0.2, 0.25) is 0 Å². The molecule has 0 aromatic carbocycles. The summed E-state index contributed by atoms with van der Waals surface area (Å²) in [7, 11) is 0. The maximum absolute atomic E-state index is 12.3. The van der Waals surface area contributed by atoms with Crippen LogP contribution in [0.15, 0.2) is 17.2 Å². The SMILES string of the molecule is CCn1ccnc(N2CCN(CC(C)(C)O)C(C)C2)c1=O. The topological polar surface area (TPSA) is 61.6 Å². The van der Waals surface area contributed by atoms with E-state index in [-0.39, 0.29) is 11.6 Å². The van der Waals surface area contributed by atoms with E-state index in [2.05, 4.69) is 21.7 Å². The number of rotatable bonds is 4. The third-order valence-electron chi connectivity index (χ3n) is 3.89. The number of aromatic nitrogens is 2. The summed E-state index contributed by atoms with van der Waals surface area (Å²) in [4.78, 5) is 20.9. The summed E-state index contributed by atoms with van der Waals surface area (Å²) in [6.07, 6.45) is 3.41. The van der Waals surface area contributed by atoms with Crippen LogP contribution in [0, 0.1) is 0 Å². The summed E-state index contributed by atoms with van der Waals surface area (Å²) >= 11 is 0. The van der Waals surface area contributed by atoms with Gasteiger partial charge in [-0.3, -0.25) is 9.69 Å². The van der Waals surface area contributed by atoms with Gasteiger partial charge in [-0.25, -0.2) is 4.98 Å². The van der Waals surface area contributed by atoms with Crippen LogP contribution in [0.3, 0.4) is 0 Å². The maximum Gasteiger partial charge on any atom is 0.293 e. The fourth-order valence-electron chi connectivity index (χ4n) is 2.82. The minimum atomic E-state index is -0.698. The van der Waals surface area contributed by atoms with Gasteiger partial charge in [-0.15, -0.1) is 0 Å². The molecule has 0 aliphatic carbocycles. The molecule has 0 radical (unpaired) electrons. The Labute approximate surface area is 126 Å². The van der Waals surface area contributed by atoms with Gasteiger partial charge in [0, 0.05) is 51.2 Å². The molecular formula is C15H26N4O2. The van der Waals surface area contributed by atoms with Gasteiger partial charge in [0.25, 0.3) is 5.56 Å². The molecule has 2 rings (SSSR count). The maximum atomic E-state index is 12.3. The van der Waals surface area contributed by atoms with Crippen molar-refractivity contribution in [1.82, 2.24) is 14.5 Å². The lowest BCUT2D eigenvalue weighted by Crippen LogP contribution is -2.56. The number of aryl methyl sites for hydroxylation is 1. The fourth-order valence-corrected chi connectivity index (χ4v) is 2.82. The van der Waals surface area contributed by atoms with Crippen LogP contribution in [-0.4, -0.2) is 57.4 Å². The van der Waals surface area contributed by atoms with Gasteiger partial charge in [-0.05, 0) is 27.7 Å². The standard InChI is InChI=1S/C15H26N4O2/c1-5-17-7-6-16-13(14(17)20)18-8-9-19(12(2)10-18)11-15(3,4)21/h6-7,12,21H,5,8-11H2,1-4H3. The Hall–Kier alpha value is -1.40. The van der Waals surface area contributed by atoms with Crippen molar-refractivity contribution in [3.05, 3.63) is 22.7 Å². The number of aliphatic hydroxyl groups is 1. The Morgan fingerprint density at radius 1 is 1.43 bits per heavy atom. The number of anilines is 1. The molecule has 1 atom stereocenters. The van der Waals surface area contributed by atoms with E-state index in [4.69, 9.17) is 0 Å². The van der Waals surface area contributed by atoms with Crippen LogP contribution < -0.4 is 10.5 Å². The predicted octanol–water partition coefficient (Wildman–Crippen LogP) is 0.545. The van der Waals surface area contributed by atoms with Crippen LogP contribution in [-0.2, 0) is 6.54 Å². The van der Waals surface area contributed by atoms with E-state index < -0.39 is 5.60 Å². The highest BCUT2D eigenvalue weighted by Crippen LogP contribution is 2.16. The van der Waals surface area contributed by atoms with Crippen molar-refractivity contribution in [3.8, 4) is 0 Å². The molecule has 1 aromatic heterocycles. The van der Waals surface area contributed by atoms with E-state index in [9.17, 15) is 9.90 Å². The van der Waals surface area contributed by atoms with Crippen molar-refractivity contribution in [2.45, 2.75) is 45.9 Å². The molecule has 1 saturated heterocycles. The van der Waals surface area contributed by atoms with E-state index >= 15 is 0 Å². The lowest BCUT2D eigenvalue weighted by Gasteiger charge is -2.42. The molecule has 1 aliphatic rings. The van der Waals surface area contributed by atoms with Crippen LogP contribution >= 0.6 is 0 Å². The molecule has 1 aliphatic heterocycles. The lowest BCUT2D eigenvalue weighted by atomic mass is 10.1. The second-order valence-electron chi connectivity index (χ2n) is 6.42. The number of nitrogens with zero attached hydrogens (tertiary/aromatic N) is 4. The Morgan fingerprint density at radius 3 is 2.71 bits per heavy atom. The van der Waals surface area contributed by atoms with Crippen LogP contribution in [0.1, 0.15) is 27.7 Å². The van der Waals surface area contributed by atoms with Gasteiger partial charge >= 0.3 is 0 Å². The molecule has 1 unspecified atom stereocenters. The number of piperazine rings is 1. The third-order valence-corrected chi connectivity index (χ3v) is 3.89. The average Bonchev–Trinajstić information content (AvgIpc) is 2.40. The molecular weight excluding hydrogens is 268 g/mol. The molecule has 2 heterocycles. The molecule has 0 bridgehead atoms. The number of hydrogen-bond acceptors (Lipinski definition) is 5. The molecule has 1 fully saturated rings. The van der Waals surface area contributed by atoms with E-state index in [1.807, 2.05) is 20.8 Å². The second-order valence-corrected chi connectivity index (χ2v) is 6.42. The highest BCUT2D eigenvalue weighted by molar-refractivity contribution is 5.36. The Morgan fingerprint density at radius 2 is 2.14 bits per heavy atom. The van der Waals surface area contributed by atoms with Gasteiger partial charge in [0.1, 0.15) is 0 Å². The molecule has 6 nitrogen and oxygen atoms in total. The minimum Gasteiger partial charge on any atom is -0.389 e. The van der Waals surface area contributed by atoms with Crippen molar-refractivity contribution < 1.29 is 5.11 Å². The zero-order chi connectivity index (χ0) is 15.6. The summed E-state index contributed by atoms with van der Waals surface area (Å²) in [6.45, 7) is 11.4. The Bertz CT molecular complexity index is 535. The molecule has 0 spiro atoms. The van der Waals surface area contributed by atoms with E-state index in [1.54, 1.807) is 17.0 Å². The zero-order valence-corrected chi connectivity index (χ0v) is 13.4. The first-order chi connectivity index (χ1) is 9.81. The van der Waals surface area contributed by atoms with Crippen LogP contribution in [0.25, 0.3) is 0 Å². The predicted molar refractivity (Wildman–Crippen MR) is 83.7 cm³/mol. The average molecular weight is 294 g/mol. The molecule has 6 heteroatoms. The van der Waals surface area contributed by atoms with Gasteiger partial charge in [-0.1, -0.05) is 0 Å². The lowest BCUT2D eigenvalue weighted by molar-refractivity contribution is 0.0200. The first-order valence-electron chi connectivity index (χ1n) is 7.58. The van der Waals surface area contributed by atoms with E-state index in [0.29, 0.717) is 18.9 Å². The number of hydrogen-bond donors (Lipinski definition) is 1. The molecule has 21 heavy (non-hydrogen) atoms. The van der Waals surface area contributed by atoms with E-state index in [1.165, 1.54) is 0 Å². The van der Waals surface area contributed by atoms with Gasteiger partial charge < -0.3 is 14.6 Å². The van der Waals surface area contributed by atoms with Crippen LogP contribution in [0.4, 0.5) is 5.82 Å². The first-order valence-corrected chi connectivity index (χ1v) is 7.58. The quantitative estimate of drug-likeness (QED) is 0.878. The summed E-state index contributed by atoms with van der Waals surface area (Å²) in [5.41, 5.74) is -0.723. The minimum absolute atomic E-state index is 0.0249. The Kier molecular flexibility index (Phi) is 4.68. The van der Waals surface area contributed by atoms with Crippen molar-refractivity contribution >= 4 is 5.82 Å². The summed E-state index contributed by atoms with van der Waals surface area (Å²) in [5.74, 6) is 0.536. The number of β-amino-alcohol motifs (C(OH)–C–C–N with tert-alkyl or cyclic N) is 1. The van der Waals surface area contributed by atoms with Crippen molar-refractivity contribution in [2.24, 2.45) is 0 Å². The summed E-state index contributed by atoms with van der Waals surface area (Å²) in [6, 6.07) is 0.279. The van der Waals surface area contributed by atoms with Gasteiger partial charge in [0.15, 0.2) is 5.82 Å². The zero-order valence-electron chi connectivity index (χ0n) is 13.4. The largest absolute Gasteiger partial charge is 0.389 e. The highest BCUT2D eigenvalue weighted by Gasteiger charge is 2.29. The monoisotopic (exact) mass is 294 g/mol. The molecule has 0 amide bonds.